The van der Waals surface area contributed by atoms with Gasteiger partial charge in [0.2, 0.25) is 0 Å². The van der Waals surface area contributed by atoms with Crippen LogP contribution >= 0.6 is 0 Å². The molecule has 7 heteroatoms. The molecule has 0 aromatic carbocycles. The van der Waals surface area contributed by atoms with Gasteiger partial charge in [0.25, 0.3) is 5.91 Å². The molecule has 1 aromatic heterocycles. The minimum Gasteiger partial charge on any atom is -0.456 e. The molecule has 3 heterocycles. The van der Waals surface area contributed by atoms with E-state index in [0.717, 1.165) is 19.2 Å². The number of rotatable bonds is 2. The van der Waals surface area contributed by atoms with Crippen LogP contribution in [0.1, 0.15) is 42.5 Å². The van der Waals surface area contributed by atoms with E-state index in [9.17, 15) is 14.7 Å². The normalized spacial score (nSPS) is 29.4. The van der Waals surface area contributed by atoms with E-state index in [-0.39, 0.29) is 11.2 Å². The second-order valence-electron chi connectivity index (χ2n) is 6.96. The summed E-state index contributed by atoms with van der Waals surface area (Å²) >= 11 is 0. The molecular formula is C17H24N2O5. The summed E-state index contributed by atoms with van der Waals surface area (Å²) in [5.74, 6) is -0.164. The number of carbonyl (C=O) groups is 1. The van der Waals surface area contributed by atoms with Gasteiger partial charge in [-0.3, -0.25) is 9.59 Å². The third-order valence-electron chi connectivity index (χ3n) is 5.08. The summed E-state index contributed by atoms with van der Waals surface area (Å²) in [5.41, 5.74) is -1.76. The highest BCUT2D eigenvalue weighted by atomic mass is 16.5. The largest absolute Gasteiger partial charge is 0.456 e. The van der Waals surface area contributed by atoms with Gasteiger partial charge in [-0.25, -0.2) is 0 Å². The standard InChI is InChI=1S/C17H24N2O5/c1-11-9-12(20)10-13(24-11)14(21)19-16(2)5-8-23-17(15(16)22)3-6-18-7-4-17/h9-10,15,18,22H,3-8H2,1-2H3,(H,19,21)/t15-,16+/m0/s1. The second-order valence-corrected chi connectivity index (χ2v) is 6.96. The van der Waals surface area contributed by atoms with E-state index in [1.54, 1.807) is 6.92 Å². The Bertz CT molecular complexity index is 674. The molecule has 2 atom stereocenters. The molecule has 3 N–H and O–H groups in total. The van der Waals surface area contributed by atoms with E-state index in [2.05, 4.69) is 10.6 Å². The zero-order chi connectivity index (χ0) is 17.4. The molecular weight excluding hydrogens is 312 g/mol. The summed E-state index contributed by atoms with van der Waals surface area (Å²) in [4.78, 5) is 24.1. The fourth-order valence-electron chi connectivity index (χ4n) is 3.70. The maximum absolute atomic E-state index is 12.5. The number of aliphatic hydroxyl groups excluding tert-OH is 1. The van der Waals surface area contributed by atoms with Crippen molar-refractivity contribution in [3.8, 4) is 0 Å². The Hall–Kier alpha value is -1.70. The van der Waals surface area contributed by atoms with Crippen molar-refractivity contribution in [1.82, 2.24) is 10.6 Å². The molecule has 2 aliphatic rings. The van der Waals surface area contributed by atoms with Gasteiger partial charge in [-0.2, -0.15) is 0 Å². The van der Waals surface area contributed by atoms with Crippen molar-refractivity contribution < 1.29 is 19.1 Å². The van der Waals surface area contributed by atoms with Crippen LogP contribution in [0.5, 0.6) is 0 Å². The number of piperidine rings is 1. The minimum absolute atomic E-state index is 0.0423. The Labute approximate surface area is 140 Å². The SMILES string of the molecule is Cc1cc(=O)cc(C(=O)N[C@]2(C)CCOC3(CCNCC3)[C@H]2O)o1. The highest BCUT2D eigenvalue weighted by molar-refractivity contribution is 5.91. The minimum atomic E-state index is -0.838. The fraction of sp³-hybridized carbons (Fsp3) is 0.647. The van der Waals surface area contributed by atoms with Crippen LogP contribution < -0.4 is 16.1 Å². The Morgan fingerprint density at radius 2 is 2.04 bits per heavy atom. The number of ether oxygens (including phenoxy) is 1. The van der Waals surface area contributed by atoms with Crippen LogP contribution in [0.3, 0.4) is 0 Å². The van der Waals surface area contributed by atoms with Crippen molar-refractivity contribution in [3.05, 3.63) is 33.9 Å². The lowest BCUT2D eigenvalue weighted by Crippen LogP contribution is -2.69. The van der Waals surface area contributed by atoms with Gasteiger partial charge in [0, 0.05) is 18.7 Å². The fourth-order valence-corrected chi connectivity index (χ4v) is 3.70. The first-order valence-corrected chi connectivity index (χ1v) is 8.32. The van der Waals surface area contributed by atoms with Crippen molar-refractivity contribution in [3.63, 3.8) is 0 Å². The van der Waals surface area contributed by atoms with Gasteiger partial charge in [0.1, 0.15) is 11.9 Å². The third kappa shape index (κ3) is 3.11. The molecule has 1 aromatic rings. The smallest absolute Gasteiger partial charge is 0.287 e. The number of aryl methyl sites for hydroxylation is 1. The lowest BCUT2D eigenvalue weighted by Gasteiger charge is -2.52. The highest BCUT2D eigenvalue weighted by Crippen LogP contribution is 2.38. The maximum atomic E-state index is 12.5. The van der Waals surface area contributed by atoms with Gasteiger partial charge in [0.05, 0.1) is 11.1 Å². The Morgan fingerprint density at radius 3 is 2.71 bits per heavy atom. The van der Waals surface area contributed by atoms with Crippen LogP contribution in [0.25, 0.3) is 0 Å². The van der Waals surface area contributed by atoms with Gasteiger partial charge in [-0.1, -0.05) is 0 Å². The number of aliphatic hydroxyl groups is 1. The molecule has 2 aliphatic heterocycles. The summed E-state index contributed by atoms with van der Waals surface area (Å²) in [6, 6.07) is 2.49. The monoisotopic (exact) mass is 336 g/mol. The molecule has 2 fully saturated rings. The molecule has 7 nitrogen and oxygen atoms in total. The number of carbonyl (C=O) groups excluding carboxylic acids is 1. The summed E-state index contributed by atoms with van der Waals surface area (Å²) < 4.78 is 11.3. The maximum Gasteiger partial charge on any atom is 0.287 e. The zero-order valence-electron chi connectivity index (χ0n) is 14.1. The number of nitrogens with one attached hydrogen (secondary N) is 2. The molecule has 3 rings (SSSR count). The van der Waals surface area contributed by atoms with Crippen LogP contribution in [0.4, 0.5) is 0 Å². The third-order valence-corrected chi connectivity index (χ3v) is 5.08. The van der Waals surface area contributed by atoms with Gasteiger partial charge in [0.15, 0.2) is 11.2 Å². The van der Waals surface area contributed by atoms with Gasteiger partial charge < -0.3 is 24.9 Å². The summed E-state index contributed by atoms with van der Waals surface area (Å²) in [7, 11) is 0. The van der Waals surface area contributed by atoms with Crippen molar-refractivity contribution in [2.75, 3.05) is 19.7 Å². The second kappa shape index (κ2) is 6.31. The van der Waals surface area contributed by atoms with E-state index in [1.165, 1.54) is 6.07 Å². The lowest BCUT2D eigenvalue weighted by molar-refractivity contribution is -0.197. The zero-order valence-corrected chi connectivity index (χ0v) is 14.1. The Balaban J connectivity index is 1.81. The van der Waals surface area contributed by atoms with E-state index in [4.69, 9.17) is 9.15 Å². The highest BCUT2D eigenvalue weighted by Gasteiger charge is 2.53. The van der Waals surface area contributed by atoms with E-state index in [1.807, 2.05) is 6.92 Å². The van der Waals surface area contributed by atoms with Gasteiger partial charge in [-0.05, 0) is 46.2 Å². The first-order chi connectivity index (χ1) is 11.3. The predicted octanol–water partition coefficient (Wildman–Crippen LogP) is 0.340. The van der Waals surface area contributed by atoms with Crippen LogP contribution in [-0.4, -0.2) is 48.0 Å². The van der Waals surface area contributed by atoms with E-state index in [0.29, 0.717) is 31.6 Å². The van der Waals surface area contributed by atoms with Crippen LogP contribution in [0.2, 0.25) is 0 Å². The Kier molecular flexibility index (Phi) is 4.50. The number of hydrogen-bond donors (Lipinski definition) is 3. The van der Waals surface area contributed by atoms with Crippen molar-refractivity contribution in [2.45, 2.75) is 50.4 Å². The molecule has 0 aliphatic carbocycles. The Morgan fingerprint density at radius 1 is 1.33 bits per heavy atom. The molecule has 0 saturated carbocycles. The molecule has 1 amide bonds. The van der Waals surface area contributed by atoms with Crippen LogP contribution in [0.15, 0.2) is 21.3 Å². The molecule has 2 saturated heterocycles. The first kappa shape index (κ1) is 17.1. The quantitative estimate of drug-likeness (QED) is 0.720. The van der Waals surface area contributed by atoms with Crippen molar-refractivity contribution in [1.29, 1.82) is 0 Å². The van der Waals surface area contributed by atoms with Crippen LogP contribution in [0, 0.1) is 6.92 Å². The van der Waals surface area contributed by atoms with E-state index >= 15 is 0 Å². The van der Waals surface area contributed by atoms with Crippen LogP contribution in [-0.2, 0) is 4.74 Å². The summed E-state index contributed by atoms with van der Waals surface area (Å²) in [6.07, 6.45) is 1.05. The average molecular weight is 336 g/mol. The molecule has 0 radical (unpaired) electrons. The van der Waals surface area contributed by atoms with Gasteiger partial charge in [-0.15, -0.1) is 0 Å². The van der Waals surface area contributed by atoms with E-state index < -0.39 is 23.2 Å². The van der Waals surface area contributed by atoms with Crippen molar-refractivity contribution in [2.24, 2.45) is 0 Å². The molecule has 0 unspecified atom stereocenters. The average Bonchev–Trinajstić information content (AvgIpc) is 2.53. The number of hydrogen-bond acceptors (Lipinski definition) is 6. The molecule has 0 bridgehead atoms. The van der Waals surface area contributed by atoms with Gasteiger partial charge >= 0.3 is 0 Å². The lowest BCUT2D eigenvalue weighted by atomic mass is 9.73. The topological polar surface area (TPSA) is 101 Å². The van der Waals surface area contributed by atoms with Crippen molar-refractivity contribution >= 4 is 5.91 Å². The first-order valence-electron chi connectivity index (χ1n) is 8.32. The predicted molar refractivity (Wildman–Crippen MR) is 87.0 cm³/mol. The number of amides is 1. The molecule has 24 heavy (non-hydrogen) atoms. The molecule has 1 spiro atoms. The molecule has 132 valence electrons. The summed E-state index contributed by atoms with van der Waals surface area (Å²) in [6.45, 7) is 5.44. The summed E-state index contributed by atoms with van der Waals surface area (Å²) in [5, 5.41) is 17.1.